The van der Waals surface area contributed by atoms with Crippen LogP contribution in [-0.4, -0.2) is 31.1 Å². The Morgan fingerprint density at radius 1 is 1.41 bits per heavy atom. The van der Waals surface area contributed by atoms with Crippen LogP contribution in [0.15, 0.2) is 17.5 Å². The molecule has 1 unspecified atom stereocenters. The Labute approximate surface area is 109 Å². The molecule has 0 aromatic carbocycles. The van der Waals surface area contributed by atoms with Gasteiger partial charge in [0, 0.05) is 10.4 Å². The van der Waals surface area contributed by atoms with E-state index in [-0.39, 0.29) is 0 Å². The highest BCUT2D eigenvalue weighted by atomic mass is 32.1. The highest BCUT2D eigenvalue weighted by Gasteiger charge is 2.43. The molecule has 2 nitrogen and oxygen atoms in total. The highest BCUT2D eigenvalue weighted by molar-refractivity contribution is 7.10. The van der Waals surface area contributed by atoms with Gasteiger partial charge in [0.25, 0.3) is 0 Å². The molecular weight excluding hydrogens is 228 g/mol. The predicted molar refractivity (Wildman–Crippen MR) is 75.6 cm³/mol. The molecule has 1 aromatic rings. The van der Waals surface area contributed by atoms with E-state index >= 15 is 0 Å². The molecule has 2 rings (SSSR count). The first-order valence-electron chi connectivity index (χ1n) is 6.65. The fourth-order valence-corrected chi connectivity index (χ4v) is 4.11. The van der Waals surface area contributed by atoms with Crippen molar-refractivity contribution in [2.24, 2.45) is 0 Å². The zero-order chi connectivity index (χ0) is 12.3. The Bertz CT molecular complexity index is 326. The van der Waals surface area contributed by atoms with Crippen LogP contribution >= 0.6 is 11.3 Å². The third kappa shape index (κ3) is 2.42. The largest absolute Gasteiger partial charge is 0.308 e. The summed E-state index contributed by atoms with van der Waals surface area (Å²) in [4.78, 5) is 3.94. The summed E-state index contributed by atoms with van der Waals surface area (Å²) in [5.74, 6) is 0. The molecule has 0 aliphatic heterocycles. The van der Waals surface area contributed by atoms with Crippen molar-refractivity contribution in [3.05, 3.63) is 22.4 Å². The summed E-state index contributed by atoms with van der Waals surface area (Å²) >= 11 is 1.88. The van der Waals surface area contributed by atoms with Gasteiger partial charge in [-0.3, -0.25) is 0 Å². The Balaban J connectivity index is 2.30. The van der Waals surface area contributed by atoms with Crippen LogP contribution in [0.5, 0.6) is 0 Å². The van der Waals surface area contributed by atoms with Gasteiger partial charge in [0.15, 0.2) is 0 Å². The fraction of sp³-hybridized carbons (Fsp3) is 0.714. The number of rotatable bonds is 5. The minimum atomic E-state index is 0.320. The summed E-state index contributed by atoms with van der Waals surface area (Å²) < 4.78 is 0. The first-order chi connectivity index (χ1) is 8.20. The minimum absolute atomic E-state index is 0.320. The first kappa shape index (κ1) is 13.1. The quantitative estimate of drug-likeness (QED) is 0.865. The van der Waals surface area contributed by atoms with Gasteiger partial charge in [-0.1, -0.05) is 25.8 Å². The fourth-order valence-electron chi connectivity index (χ4n) is 3.20. The Kier molecular flexibility index (Phi) is 4.23. The average molecular weight is 252 g/mol. The van der Waals surface area contributed by atoms with Crippen LogP contribution in [0.25, 0.3) is 0 Å². The van der Waals surface area contributed by atoms with Crippen LogP contribution < -0.4 is 5.32 Å². The summed E-state index contributed by atoms with van der Waals surface area (Å²) in [6.07, 6.45) is 5.36. The van der Waals surface area contributed by atoms with Crippen molar-refractivity contribution in [3.8, 4) is 0 Å². The topological polar surface area (TPSA) is 15.3 Å². The Hall–Kier alpha value is -0.380. The number of thiophene rings is 1. The second-order valence-electron chi connectivity index (χ2n) is 5.21. The van der Waals surface area contributed by atoms with E-state index in [1.807, 2.05) is 11.3 Å². The van der Waals surface area contributed by atoms with Gasteiger partial charge in [0.2, 0.25) is 0 Å². The molecule has 1 saturated carbocycles. The third-order valence-corrected chi connectivity index (χ3v) is 5.07. The lowest BCUT2D eigenvalue weighted by atomic mass is 9.85. The van der Waals surface area contributed by atoms with Gasteiger partial charge >= 0.3 is 0 Å². The number of hydrogen-bond acceptors (Lipinski definition) is 3. The number of nitrogens with one attached hydrogen (secondary N) is 1. The predicted octanol–water partition coefficient (Wildman–Crippen LogP) is 3.27. The van der Waals surface area contributed by atoms with Gasteiger partial charge in [-0.2, -0.15) is 0 Å². The van der Waals surface area contributed by atoms with Crippen LogP contribution in [0, 0.1) is 0 Å². The van der Waals surface area contributed by atoms with E-state index in [1.165, 1.54) is 30.6 Å². The van der Waals surface area contributed by atoms with Crippen molar-refractivity contribution in [3.63, 3.8) is 0 Å². The molecule has 1 atom stereocenters. The van der Waals surface area contributed by atoms with Crippen LogP contribution in [0.1, 0.15) is 43.5 Å². The third-order valence-electron chi connectivity index (χ3n) is 4.13. The van der Waals surface area contributed by atoms with Crippen molar-refractivity contribution < 1.29 is 0 Å². The number of hydrogen-bond donors (Lipinski definition) is 1. The SMILES string of the molecule is CCNC(c1cccs1)C1(N(C)C)CCCC1. The average Bonchev–Trinajstić information content (AvgIpc) is 2.98. The van der Waals surface area contributed by atoms with Crippen LogP contribution in [0.4, 0.5) is 0 Å². The summed E-state index contributed by atoms with van der Waals surface area (Å²) in [6.45, 7) is 3.25. The van der Waals surface area contributed by atoms with Crippen LogP contribution in [-0.2, 0) is 0 Å². The lowest BCUT2D eigenvalue weighted by Crippen LogP contribution is -2.51. The number of nitrogens with zero attached hydrogens (tertiary/aromatic N) is 1. The molecule has 1 fully saturated rings. The second-order valence-corrected chi connectivity index (χ2v) is 6.19. The van der Waals surface area contributed by atoms with Gasteiger partial charge in [0.05, 0.1) is 6.04 Å². The van der Waals surface area contributed by atoms with Gasteiger partial charge in [-0.05, 0) is 44.9 Å². The van der Waals surface area contributed by atoms with Crippen LogP contribution in [0.2, 0.25) is 0 Å². The summed E-state index contributed by atoms with van der Waals surface area (Å²) in [5.41, 5.74) is 0.320. The molecule has 0 radical (unpaired) electrons. The molecule has 96 valence electrons. The van der Waals surface area contributed by atoms with E-state index in [9.17, 15) is 0 Å². The minimum Gasteiger partial charge on any atom is -0.308 e. The molecule has 1 heterocycles. The van der Waals surface area contributed by atoms with E-state index < -0.39 is 0 Å². The van der Waals surface area contributed by atoms with Crippen molar-refractivity contribution in [1.29, 1.82) is 0 Å². The molecule has 1 N–H and O–H groups in total. The summed E-state index contributed by atoms with van der Waals surface area (Å²) in [6, 6.07) is 4.94. The van der Waals surface area contributed by atoms with E-state index in [4.69, 9.17) is 0 Å². The lowest BCUT2D eigenvalue weighted by molar-refractivity contribution is 0.107. The maximum atomic E-state index is 3.72. The zero-order valence-electron chi connectivity index (χ0n) is 11.2. The van der Waals surface area contributed by atoms with E-state index in [1.54, 1.807) is 0 Å². The molecule has 1 aliphatic rings. The zero-order valence-corrected chi connectivity index (χ0v) is 12.0. The van der Waals surface area contributed by atoms with Crippen molar-refractivity contribution >= 4 is 11.3 Å². The van der Waals surface area contributed by atoms with Gasteiger partial charge in [0.1, 0.15) is 0 Å². The van der Waals surface area contributed by atoms with Gasteiger partial charge < -0.3 is 10.2 Å². The number of likely N-dealkylation sites (N-methyl/N-ethyl adjacent to an activating group) is 2. The molecule has 3 heteroatoms. The molecule has 1 aliphatic carbocycles. The summed E-state index contributed by atoms with van der Waals surface area (Å²) in [5, 5.41) is 5.91. The molecule has 0 spiro atoms. The second kappa shape index (κ2) is 5.51. The maximum Gasteiger partial charge on any atom is 0.0601 e. The molecule has 0 bridgehead atoms. The smallest absolute Gasteiger partial charge is 0.0601 e. The maximum absolute atomic E-state index is 3.72. The highest BCUT2D eigenvalue weighted by Crippen LogP contribution is 2.44. The molecule has 17 heavy (non-hydrogen) atoms. The molecular formula is C14H24N2S. The van der Waals surface area contributed by atoms with Crippen molar-refractivity contribution in [2.75, 3.05) is 20.6 Å². The Morgan fingerprint density at radius 2 is 2.12 bits per heavy atom. The first-order valence-corrected chi connectivity index (χ1v) is 7.53. The van der Waals surface area contributed by atoms with E-state index in [2.05, 4.69) is 48.7 Å². The van der Waals surface area contributed by atoms with E-state index in [0.717, 1.165) is 6.54 Å². The van der Waals surface area contributed by atoms with Gasteiger partial charge in [-0.15, -0.1) is 11.3 Å². The van der Waals surface area contributed by atoms with Gasteiger partial charge in [-0.25, -0.2) is 0 Å². The monoisotopic (exact) mass is 252 g/mol. The molecule has 1 aromatic heterocycles. The van der Waals surface area contributed by atoms with Crippen molar-refractivity contribution in [2.45, 2.75) is 44.2 Å². The standard InChI is InChI=1S/C14H24N2S/c1-4-15-13(12-8-7-11-17-12)14(16(2)3)9-5-6-10-14/h7-8,11,13,15H,4-6,9-10H2,1-3H3. The summed E-state index contributed by atoms with van der Waals surface area (Å²) in [7, 11) is 4.48. The van der Waals surface area contributed by atoms with Crippen LogP contribution in [0.3, 0.4) is 0 Å². The lowest BCUT2D eigenvalue weighted by Gasteiger charge is -2.43. The van der Waals surface area contributed by atoms with E-state index in [0.29, 0.717) is 11.6 Å². The molecule has 0 saturated heterocycles. The van der Waals surface area contributed by atoms with Crippen molar-refractivity contribution in [1.82, 2.24) is 10.2 Å². The Morgan fingerprint density at radius 3 is 2.59 bits per heavy atom. The normalized spacial score (nSPS) is 20.9. The molecule has 0 amide bonds.